The van der Waals surface area contributed by atoms with Gasteiger partial charge in [-0.05, 0) is 23.7 Å². The molecule has 0 amide bonds. The molecule has 0 aliphatic heterocycles. The third-order valence-corrected chi connectivity index (χ3v) is 3.44. The van der Waals surface area contributed by atoms with E-state index in [1.165, 1.54) is 19.3 Å². The van der Waals surface area contributed by atoms with Gasteiger partial charge in [-0.1, -0.05) is 45.8 Å². The minimum atomic E-state index is 0.180. The first-order valence-corrected chi connectivity index (χ1v) is 5.35. The number of hydrogen-bond donors (Lipinski definition) is 1. The molecule has 0 saturated heterocycles. The van der Waals surface area contributed by atoms with Crippen LogP contribution in [0.1, 0.15) is 40.0 Å². The lowest BCUT2D eigenvalue weighted by molar-refractivity contribution is 0.122. The fraction of sp³-hybridized carbons (Fsp3) is 0.833. The van der Waals surface area contributed by atoms with Crippen LogP contribution in [0, 0.1) is 17.3 Å². The summed E-state index contributed by atoms with van der Waals surface area (Å²) in [6.45, 7) is 7.19. The highest BCUT2D eigenvalue weighted by molar-refractivity contribution is 4.99. The Morgan fingerprint density at radius 2 is 2.15 bits per heavy atom. The smallest absolute Gasteiger partial charge is 0.0612 e. The van der Waals surface area contributed by atoms with E-state index in [4.69, 9.17) is 5.11 Å². The molecule has 13 heavy (non-hydrogen) atoms. The van der Waals surface area contributed by atoms with Gasteiger partial charge >= 0.3 is 0 Å². The van der Waals surface area contributed by atoms with E-state index in [1.807, 2.05) is 6.08 Å². The summed E-state index contributed by atoms with van der Waals surface area (Å²) in [5, 5.41) is 8.77. The van der Waals surface area contributed by atoms with Crippen molar-refractivity contribution in [2.45, 2.75) is 40.0 Å². The van der Waals surface area contributed by atoms with Gasteiger partial charge in [-0.3, -0.25) is 0 Å². The monoisotopic (exact) mass is 182 g/mol. The Morgan fingerprint density at radius 1 is 1.46 bits per heavy atom. The van der Waals surface area contributed by atoms with E-state index < -0.39 is 0 Å². The van der Waals surface area contributed by atoms with Gasteiger partial charge in [-0.25, -0.2) is 0 Å². The van der Waals surface area contributed by atoms with Gasteiger partial charge in [0.15, 0.2) is 0 Å². The lowest BCUT2D eigenvalue weighted by Crippen LogP contribution is -2.32. The van der Waals surface area contributed by atoms with Crippen molar-refractivity contribution in [3.05, 3.63) is 12.2 Å². The largest absolute Gasteiger partial charge is 0.392 e. The number of allylic oxidation sites excluding steroid dienone is 1. The maximum atomic E-state index is 8.77. The van der Waals surface area contributed by atoms with Crippen LogP contribution in [0.3, 0.4) is 0 Å². The van der Waals surface area contributed by atoms with E-state index in [2.05, 4.69) is 26.8 Å². The average molecular weight is 182 g/mol. The Hall–Kier alpha value is -0.300. The average Bonchev–Trinajstić information content (AvgIpc) is 2.02. The highest BCUT2D eigenvalue weighted by Gasteiger charge is 2.34. The van der Waals surface area contributed by atoms with Crippen LogP contribution in [0.15, 0.2) is 12.2 Å². The minimum Gasteiger partial charge on any atom is -0.392 e. The minimum absolute atomic E-state index is 0.180. The molecule has 1 rings (SSSR count). The summed E-state index contributed by atoms with van der Waals surface area (Å²) in [5.74, 6) is 1.42. The van der Waals surface area contributed by atoms with Crippen molar-refractivity contribution in [2.24, 2.45) is 17.3 Å². The number of rotatable bonds is 2. The fourth-order valence-electron chi connectivity index (χ4n) is 2.65. The van der Waals surface area contributed by atoms with Crippen molar-refractivity contribution in [1.82, 2.24) is 0 Å². The third kappa shape index (κ3) is 2.57. The molecule has 1 saturated carbocycles. The zero-order chi connectivity index (χ0) is 9.90. The summed E-state index contributed by atoms with van der Waals surface area (Å²) in [6, 6.07) is 0. The summed E-state index contributed by atoms with van der Waals surface area (Å²) >= 11 is 0. The van der Waals surface area contributed by atoms with Gasteiger partial charge in [0.05, 0.1) is 6.61 Å². The standard InChI is InChI=1S/C12H22O/c1-10-6-4-8-12(2,3)11(10)7-5-9-13/h5,7,10-11,13H,4,6,8-9H2,1-3H3/b7-5+/t10-,11-/m0/s1. The molecule has 1 aliphatic carbocycles. The highest BCUT2D eigenvalue weighted by atomic mass is 16.2. The SMILES string of the molecule is C[C@H]1CCCC(C)(C)[C@H]1/C=C/CO. The first kappa shape index (κ1) is 10.8. The van der Waals surface area contributed by atoms with Gasteiger partial charge in [-0.2, -0.15) is 0 Å². The zero-order valence-corrected chi connectivity index (χ0v) is 9.09. The topological polar surface area (TPSA) is 20.2 Å². The highest BCUT2D eigenvalue weighted by Crippen LogP contribution is 2.44. The van der Waals surface area contributed by atoms with Crippen LogP contribution in [-0.4, -0.2) is 11.7 Å². The maximum Gasteiger partial charge on any atom is 0.0612 e. The molecule has 0 aromatic heterocycles. The molecule has 1 N–H and O–H groups in total. The first-order chi connectivity index (χ1) is 6.08. The number of hydrogen-bond acceptors (Lipinski definition) is 1. The molecule has 76 valence electrons. The van der Waals surface area contributed by atoms with Crippen LogP contribution in [0.25, 0.3) is 0 Å². The summed E-state index contributed by atoms with van der Waals surface area (Å²) in [6.07, 6.45) is 8.12. The quantitative estimate of drug-likeness (QED) is 0.651. The van der Waals surface area contributed by atoms with E-state index >= 15 is 0 Å². The van der Waals surface area contributed by atoms with E-state index in [9.17, 15) is 0 Å². The molecule has 0 unspecified atom stereocenters. The maximum absolute atomic E-state index is 8.77. The number of aliphatic hydroxyl groups excluding tert-OH is 1. The fourth-order valence-corrected chi connectivity index (χ4v) is 2.65. The van der Waals surface area contributed by atoms with Crippen molar-refractivity contribution in [3.63, 3.8) is 0 Å². The molecule has 1 nitrogen and oxygen atoms in total. The molecule has 0 aromatic carbocycles. The molecule has 1 heteroatoms. The Balaban J connectivity index is 2.68. The molecule has 1 fully saturated rings. The molecule has 0 bridgehead atoms. The van der Waals surface area contributed by atoms with Crippen molar-refractivity contribution < 1.29 is 5.11 Å². The van der Waals surface area contributed by atoms with Crippen LogP contribution in [0.5, 0.6) is 0 Å². The summed E-state index contributed by atoms with van der Waals surface area (Å²) in [5.41, 5.74) is 0.420. The van der Waals surface area contributed by atoms with Crippen molar-refractivity contribution >= 4 is 0 Å². The molecule has 2 atom stereocenters. The predicted molar refractivity (Wildman–Crippen MR) is 56.5 cm³/mol. The van der Waals surface area contributed by atoms with E-state index in [-0.39, 0.29) is 6.61 Å². The Labute approximate surface area is 81.9 Å². The van der Waals surface area contributed by atoms with Crippen LogP contribution in [-0.2, 0) is 0 Å². The lowest BCUT2D eigenvalue weighted by Gasteiger charge is -2.41. The normalized spacial score (nSPS) is 33.8. The Morgan fingerprint density at radius 3 is 2.69 bits per heavy atom. The number of aliphatic hydroxyl groups is 1. The van der Waals surface area contributed by atoms with Crippen molar-refractivity contribution in [3.8, 4) is 0 Å². The molecule has 0 heterocycles. The third-order valence-electron chi connectivity index (χ3n) is 3.44. The molecule has 0 aromatic rings. The van der Waals surface area contributed by atoms with Gasteiger partial charge in [0, 0.05) is 0 Å². The van der Waals surface area contributed by atoms with Gasteiger partial charge in [0.25, 0.3) is 0 Å². The Bertz CT molecular complexity index is 182. The zero-order valence-electron chi connectivity index (χ0n) is 9.09. The molecule has 0 radical (unpaired) electrons. The van der Waals surface area contributed by atoms with Gasteiger partial charge in [0.2, 0.25) is 0 Å². The molecular formula is C12H22O. The van der Waals surface area contributed by atoms with E-state index in [0.29, 0.717) is 11.3 Å². The second-order valence-electron chi connectivity index (χ2n) is 4.99. The predicted octanol–water partition coefficient (Wildman–Crippen LogP) is 3.00. The second-order valence-corrected chi connectivity index (χ2v) is 4.99. The van der Waals surface area contributed by atoms with Crippen molar-refractivity contribution in [1.29, 1.82) is 0 Å². The van der Waals surface area contributed by atoms with Gasteiger partial charge in [0.1, 0.15) is 0 Å². The summed E-state index contributed by atoms with van der Waals surface area (Å²) < 4.78 is 0. The summed E-state index contributed by atoms with van der Waals surface area (Å²) in [4.78, 5) is 0. The molecular weight excluding hydrogens is 160 g/mol. The Kier molecular flexibility index (Phi) is 3.55. The molecule has 1 aliphatic rings. The second kappa shape index (κ2) is 4.28. The van der Waals surface area contributed by atoms with Gasteiger partial charge in [-0.15, -0.1) is 0 Å². The van der Waals surface area contributed by atoms with Gasteiger partial charge < -0.3 is 5.11 Å². The van der Waals surface area contributed by atoms with E-state index in [0.717, 1.165) is 5.92 Å². The van der Waals surface area contributed by atoms with Crippen LogP contribution in [0.2, 0.25) is 0 Å². The molecule has 0 spiro atoms. The van der Waals surface area contributed by atoms with E-state index in [1.54, 1.807) is 0 Å². The lowest BCUT2D eigenvalue weighted by atomic mass is 9.64. The van der Waals surface area contributed by atoms with Crippen LogP contribution < -0.4 is 0 Å². The summed E-state index contributed by atoms with van der Waals surface area (Å²) in [7, 11) is 0. The van der Waals surface area contributed by atoms with Crippen LogP contribution in [0.4, 0.5) is 0 Å². The first-order valence-electron chi connectivity index (χ1n) is 5.35. The van der Waals surface area contributed by atoms with Crippen LogP contribution >= 0.6 is 0 Å². The van der Waals surface area contributed by atoms with Crippen molar-refractivity contribution in [2.75, 3.05) is 6.61 Å².